The molecule has 0 heterocycles. The van der Waals surface area contributed by atoms with Crippen LogP contribution in [0.2, 0.25) is 0 Å². The zero-order valence-corrected chi connectivity index (χ0v) is 11.1. The third-order valence-corrected chi connectivity index (χ3v) is 4.20. The van der Waals surface area contributed by atoms with E-state index in [0.717, 1.165) is 0 Å². The fourth-order valence-electron chi connectivity index (χ4n) is 2.50. The molecule has 18 heavy (non-hydrogen) atoms. The van der Waals surface area contributed by atoms with Gasteiger partial charge in [-0.05, 0) is 32.1 Å². The van der Waals surface area contributed by atoms with Gasteiger partial charge in [0.25, 0.3) is 0 Å². The quantitative estimate of drug-likeness (QED) is 0.666. The number of hydrogen-bond donors (Lipinski definition) is 3. The minimum absolute atomic E-state index is 0.0825. The first-order chi connectivity index (χ1) is 8.48. The lowest BCUT2D eigenvalue weighted by molar-refractivity contribution is -0.141. The predicted octanol–water partition coefficient (Wildman–Crippen LogP) is 1.15. The van der Waals surface area contributed by atoms with Gasteiger partial charge in [-0.1, -0.05) is 13.8 Å². The summed E-state index contributed by atoms with van der Waals surface area (Å²) < 4.78 is 0. The van der Waals surface area contributed by atoms with Crippen molar-refractivity contribution < 1.29 is 19.8 Å². The van der Waals surface area contributed by atoms with Gasteiger partial charge in [0.05, 0.1) is 18.1 Å². The molecule has 1 amide bonds. The zero-order chi connectivity index (χ0) is 13.8. The molecule has 0 aromatic carbocycles. The summed E-state index contributed by atoms with van der Waals surface area (Å²) in [5, 5.41) is 21.2. The van der Waals surface area contributed by atoms with Crippen LogP contribution in [-0.2, 0) is 9.59 Å². The third-order valence-electron chi connectivity index (χ3n) is 4.20. The predicted molar refractivity (Wildman–Crippen MR) is 67.0 cm³/mol. The first-order valence-corrected chi connectivity index (χ1v) is 6.63. The Morgan fingerprint density at radius 3 is 2.17 bits per heavy atom. The van der Waals surface area contributed by atoms with E-state index in [9.17, 15) is 14.7 Å². The summed E-state index contributed by atoms with van der Waals surface area (Å²) in [7, 11) is 0. The highest BCUT2D eigenvalue weighted by Gasteiger charge is 2.36. The molecule has 2 atom stereocenters. The second-order valence-corrected chi connectivity index (χ2v) is 5.18. The number of carboxylic acid groups (broad SMARTS) is 1. The molecule has 5 nitrogen and oxygen atoms in total. The monoisotopic (exact) mass is 257 g/mol. The van der Waals surface area contributed by atoms with Crippen molar-refractivity contribution in [2.75, 3.05) is 6.61 Å². The number of amides is 1. The maximum Gasteiger partial charge on any atom is 0.306 e. The van der Waals surface area contributed by atoms with Gasteiger partial charge >= 0.3 is 5.97 Å². The molecule has 3 N–H and O–H groups in total. The molecular weight excluding hydrogens is 234 g/mol. The molecular formula is C13H23NO4. The van der Waals surface area contributed by atoms with Gasteiger partial charge in [-0.2, -0.15) is 0 Å². The number of carboxylic acids is 1. The molecule has 5 heteroatoms. The molecule has 104 valence electrons. The summed E-state index contributed by atoms with van der Waals surface area (Å²) in [4.78, 5) is 22.9. The molecule has 1 saturated carbocycles. The van der Waals surface area contributed by atoms with Crippen LogP contribution >= 0.6 is 0 Å². The molecule has 1 fully saturated rings. The summed E-state index contributed by atoms with van der Waals surface area (Å²) in [5.41, 5.74) is -0.557. The molecule has 0 aliphatic heterocycles. The van der Waals surface area contributed by atoms with Gasteiger partial charge in [0.15, 0.2) is 0 Å². The van der Waals surface area contributed by atoms with Crippen molar-refractivity contribution in [3.05, 3.63) is 0 Å². The topological polar surface area (TPSA) is 86.6 Å². The first kappa shape index (κ1) is 15.0. The molecule has 0 radical (unpaired) electrons. The number of nitrogens with one attached hydrogen (secondary N) is 1. The van der Waals surface area contributed by atoms with Gasteiger partial charge in [0.1, 0.15) is 0 Å². The smallest absolute Gasteiger partial charge is 0.306 e. The lowest BCUT2D eigenvalue weighted by Crippen LogP contribution is -2.52. The van der Waals surface area contributed by atoms with Crippen molar-refractivity contribution in [2.45, 2.75) is 51.5 Å². The Morgan fingerprint density at radius 2 is 1.78 bits per heavy atom. The van der Waals surface area contributed by atoms with E-state index >= 15 is 0 Å². The van der Waals surface area contributed by atoms with Crippen molar-refractivity contribution in [2.24, 2.45) is 11.8 Å². The highest BCUT2D eigenvalue weighted by atomic mass is 16.4. The second kappa shape index (κ2) is 6.18. The SMILES string of the molecule is CCC(CC)(CO)NC(=O)C1CCC(C(=O)O)C1. The van der Waals surface area contributed by atoms with Gasteiger partial charge in [0, 0.05) is 5.92 Å². The van der Waals surface area contributed by atoms with E-state index in [2.05, 4.69) is 5.32 Å². The minimum Gasteiger partial charge on any atom is -0.481 e. The van der Waals surface area contributed by atoms with Gasteiger partial charge in [0.2, 0.25) is 5.91 Å². The number of aliphatic hydroxyl groups is 1. The van der Waals surface area contributed by atoms with Crippen molar-refractivity contribution in [1.29, 1.82) is 0 Å². The number of carbonyl (C=O) groups excluding carboxylic acids is 1. The average Bonchev–Trinajstić information content (AvgIpc) is 2.86. The Balaban J connectivity index is 2.58. The highest BCUT2D eigenvalue weighted by molar-refractivity contribution is 5.81. The maximum atomic E-state index is 12.1. The third kappa shape index (κ3) is 3.22. The van der Waals surface area contributed by atoms with Crippen LogP contribution in [0.1, 0.15) is 46.0 Å². The summed E-state index contributed by atoms with van der Waals surface area (Å²) in [6.45, 7) is 3.77. The normalized spacial score (nSPS) is 23.9. The average molecular weight is 257 g/mol. The van der Waals surface area contributed by atoms with Gasteiger partial charge < -0.3 is 15.5 Å². The molecule has 0 aromatic rings. The fraction of sp³-hybridized carbons (Fsp3) is 0.846. The van der Waals surface area contributed by atoms with Crippen LogP contribution in [-0.4, -0.2) is 34.2 Å². The standard InChI is InChI=1S/C13H23NO4/c1-3-13(4-2,8-15)14-11(16)9-5-6-10(7-9)12(17)18/h9-10,15H,3-8H2,1-2H3,(H,14,16)(H,17,18). The Bertz CT molecular complexity index is 304. The summed E-state index contributed by atoms with van der Waals surface area (Å²) in [6, 6.07) is 0. The van der Waals surface area contributed by atoms with Crippen LogP contribution in [0.5, 0.6) is 0 Å². The summed E-state index contributed by atoms with van der Waals surface area (Å²) >= 11 is 0. The van der Waals surface area contributed by atoms with Crippen LogP contribution in [0.3, 0.4) is 0 Å². The molecule has 1 aliphatic rings. The molecule has 0 aromatic heterocycles. The van der Waals surface area contributed by atoms with E-state index in [1.807, 2.05) is 13.8 Å². The lowest BCUT2D eigenvalue weighted by atomic mass is 9.92. The van der Waals surface area contributed by atoms with Crippen LogP contribution < -0.4 is 5.32 Å². The Labute approximate surface area is 108 Å². The number of aliphatic carboxylic acids is 1. The van der Waals surface area contributed by atoms with Gasteiger partial charge in [-0.25, -0.2) is 0 Å². The Morgan fingerprint density at radius 1 is 1.22 bits per heavy atom. The van der Waals surface area contributed by atoms with E-state index in [0.29, 0.717) is 32.1 Å². The van der Waals surface area contributed by atoms with E-state index in [1.165, 1.54) is 0 Å². The van der Waals surface area contributed by atoms with Gasteiger partial charge in [-0.15, -0.1) is 0 Å². The van der Waals surface area contributed by atoms with Crippen LogP contribution in [0.4, 0.5) is 0 Å². The molecule has 1 rings (SSSR count). The first-order valence-electron chi connectivity index (χ1n) is 6.63. The lowest BCUT2D eigenvalue weighted by Gasteiger charge is -2.32. The molecule has 0 saturated heterocycles. The Hall–Kier alpha value is -1.10. The molecule has 2 unspecified atom stereocenters. The van der Waals surface area contributed by atoms with Crippen molar-refractivity contribution in [1.82, 2.24) is 5.32 Å². The number of hydrogen-bond acceptors (Lipinski definition) is 3. The highest BCUT2D eigenvalue weighted by Crippen LogP contribution is 2.31. The Kier molecular flexibility index (Phi) is 5.14. The van der Waals surface area contributed by atoms with Crippen molar-refractivity contribution in [3.8, 4) is 0 Å². The van der Waals surface area contributed by atoms with Crippen LogP contribution in [0.15, 0.2) is 0 Å². The molecule has 1 aliphatic carbocycles. The van der Waals surface area contributed by atoms with E-state index in [1.54, 1.807) is 0 Å². The van der Waals surface area contributed by atoms with Crippen LogP contribution in [0.25, 0.3) is 0 Å². The van der Waals surface area contributed by atoms with Crippen molar-refractivity contribution >= 4 is 11.9 Å². The largest absolute Gasteiger partial charge is 0.481 e. The fourth-order valence-corrected chi connectivity index (χ4v) is 2.50. The number of carbonyl (C=O) groups is 2. The van der Waals surface area contributed by atoms with Gasteiger partial charge in [-0.3, -0.25) is 9.59 Å². The van der Waals surface area contributed by atoms with E-state index in [-0.39, 0.29) is 18.4 Å². The van der Waals surface area contributed by atoms with Crippen molar-refractivity contribution in [3.63, 3.8) is 0 Å². The number of rotatable bonds is 6. The molecule has 0 spiro atoms. The number of aliphatic hydroxyl groups excluding tert-OH is 1. The summed E-state index contributed by atoms with van der Waals surface area (Å²) in [5.74, 6) is -1.55. The minimum atomic E-state index is -0.815. The van der Waals surface area contributed by atoms with E-state index in [4.69, 9.17) is 5.11 Å². The van der Waals surface area contributed by atoms with E-state index < -0.39 is 17.4 Å². The second-order valence-electron chi connectivity index (χ2n) is 5.18. The maximum absolute atomic E-state index is 12.1. The zero-order valence-electron chi connectivity index (χ0n) is 11.1. The summed E-state index contributed by atoms with van der Waals surface area (Å²) in [6.07, 6.45) is 2.94. The van der Waals surface area contributed by atoms with Crippen LogP contribution in [0, 0.1) is 11.8 Å². The molecule has 0 bridgehead atoms.